The number of halogens is 1. The van der Waals surface area contributed by atoms with Crippen LogP contribution in [0.1, 0.15) is 124 Å². The minimum atomic E-state index is -1.86. The maximum Gasteiger partial charge on any atom is 0.311 e. The lowest BCUT2D eigenvalue weighted by molar-refractivity contribution is -0.615. The fourth-order valence-corrected chi connectivity index (χ4v) is 11.6. The van der Waals surface area contributed by atoms with Crippen LogP contribution in [0, 0.1) is 17.0 Å². The van der Waals surface area contributed by atoms with E-state index in [4.69, 9.17) is 33.2 Å². The normalized spacial score (nSPS) is 36.9. The van der Waals surface area contributed by atoms with Crippen LogP contribution in [0.2, 0.25) is 0 Å². The summed E-state index contributed by atoms with van der Waals surface area (Å²) in [6.45, 7) is 15.1. The second-order valence-electron chi connectivity index (χ2n) is 23.0. The molecular weight excluding hydrogens is 1020 g/mol. The number of rotatable bonds is 17. The zero-order valence-corrected chi connectivity index (χ0v) is 47.8. The van der Waals surface area contributed by atoms with Gasteiger partial charge in [0.25, 0.3) is 0 Å². The van der Waals surface area contributed by atoms with Crippen molar-refractivity contribution in [1.82, 2.24) is 24.8 Å². The van der Waals surface area contributed by atoms with E-state index in [1.54, 1.807) is 72.0 Å². The number of alkyl halides is 1. The van der Waals surface area contributed by atoms with Crippen LogP contribution < -0.4 is 4.73 Å². The molecule has 0 saturated carbocycles. The molecule has 22 heteroatoms. The number of hydrogen-bond acceptors (Lipinski definition) is 19. The molecule has 3 aliphatic heterocycles. The van der Waals surface area contributed by atoms with Gasteiger partial charge in [0.2, 0.25) is 5.69 Å². The van der Waals surface area contributed by atoms with Gasteiger partial charge in [-0.15, -0.1) is 5.10 Å². The number of aliphatic hydroxyl groups excluding tert-OH is 4. The molecule has 78 heavy (non-hydrogen) atoms. The highest BCUT2D eigenvalue weighted by Gasteiger charge is 2.51. The number of aliphatic hydroxyl groups is 6. The van der Waals surface area contributed by atoms with Crippen LogP contribution >= 0.6 is 0 Å². The van der Waals surface area contributed by atoms with Gasteiger partial charge in [0, 0.05) is 76.5 Å². The molecule has 3 saturated heterocycles. The number of cyclic esters (lactones) is 1. The van der Waals surface area contributed by atoms with Gasteiger partial charge >= 0.3 is 5.97 Å². The molecule has 21 nitrogen and oxygen atoms in total. The smallest absolute Gasteiger partial charge is 0.311 e. The van der Waals surface area contributed by atoms with Gasteiger partial charge in [-0.2, -0.15) is 4.73 Å². The number of hydrogen-bond donors (Lipinski definition) is 6. The van der Waals surface area contributed by atoms with E-state index in [0.29, 0.717) is 47.5 Å². The van der Waals surface area contributed by atoms with Crippen molar-refractivity contribution in [3.05, 3.63) is 71.0 Å². The Morgan fingerprint density at radius 1 is 0.962 bits per heavy atom. The van der Waals surface area contributed by atoms with E-state index in [9.17, 15) is 45.0 Å². The van der Waals surface area contributed by atoms with E-state index in [0.717, 1.165) is 5.56 Å². The van der Waals surface area contributed by atoms with Crippen molar-refractivity contribution in [3.8, 4) is 11.1 Å². The SMILES string of the molecule is CC[C@H]1OC(=O)[C@H](C)[C@@H](O[C@H]2C[C@@](C)(OC)[C@@H](O)[C@H](C)O2)C[C@@H](O[C@@H]2O[C@H](C)C[C@H](N(C)CCc3cn([C@H](CF)[C@H](OC)c4ccc(-c5ccc(CO)[n+]([O-])c5)cc4)nn3)[C@H]2O)[C@](C)(O)C[C@@H](C)CN(C)[C@H](C)[C@@H](O)[C@]1(C)O. The van der Waals surface area contributed by atoms with Crippen molar-refractivity contribution >= 4 is 5.97 Å². The molecule has 19 atom stereocenters. The van der Waals surface area contributed by atoms with Gasteiger partial charge in [-0.1, -0.05) is 43.3 Å². The van der Waals surface area contributed by atoms with E-state index < -0.39 is 121 Å². The predicted molar refractivity (Wildman–Crippen MR) is 284 cm³/mol. The van der Waals surface area contributed by atoms with Gasteiger partial charge < -0.3 is 78.8 Å². The van der Waals surface area contributed by atoms with Crippen molar-refractivity contribution in [2.24, 2.45) is 11.8 Å². The van der Waals surface area contributed by atoms with Gasteiger partial charge in [-0.25, -0.2) is 9.07 Å². The van der Waals surface area contributed by atoms with Crippen LogP contribution in [-0.2, 0) is 51.0 Å². The molecule has 5 heterocycles. The summed E-state index contributed by atoms with van der Waals surface area (Å²) in [7, 11) is 6.66. The van der Waals surface area contributed by atoms with Crippen molar-refractivity contribution in [1.29, 1.82) is 0 Å². The van der Waals surface area contributed by atoms with Crippen molar-refractivity contribution in [3.63, 3.8) is 0 Å². The number of likely N-dealkylation sites (N-methyl/N-ethyl adjacent to an activating group) is 2. The first-order valence-corrected chi connectivity index (χ1v) is 27.4. The Labute approximate surface area is 459 Å². The van der Waals surface area contributed by atoms with Crippen molar-refractivity contribution in [2.75, 3.05) is 48.1 Å². The average molecular weight is 1110 g/mol. The minimum absolute atomic E-state index is 0.0792. The Kier molecular flexibility index (Phi) is 21.8. The van der Waals surface area contributed by atoms with Crippen LogP contribution in [0.25, 0.3) is 11.1 Å². The first-order chi connectivity index (χ1) is 36.7. The Morgan fingerprint density at radius 3 is 2.26 bits per heavy atom. The summed E-state index contributed by atoms with van der Waals surface area (Å²) in [5.41, 5.74) is -1.71. The number of ether oxygens (including phenoxy) is 7. The second-order valence-corrected chi connectivity index (χ2v) is 23.0. The van der Waals surface area contributed by atoms with Crippen molar-refractivity contribution < 1.29 is 77.7 Å². The third-order valence-corrected chi connectivity index (χ3v) is 16.9. The number of aromatic nitrogens is 4. The predicted octanol–water partition coefficient (Wildman–Crippen LogP) is 3.55. The van der Waals surface area contributed by atoms with Gasteiger partial charge in [-0.05, 0) is 105 Å². The molecule has 0 radical (unpaired) electrons. The van der Waals surface area contributed by atoms with Crippen LogP contribution in [0.15, 0.2) is 48.8 Å². The summed E-state index contributed by atoms with van der Waals surface area (Å²) in [6, 6.07) is 8.56. The van der Waals surface area contributed by atoms with E-state index >= 15 is 0 Å². The summed E-state index contributed by atoms with van der Waals surface area (Å²) >= 11 is 0. The first kappa shape index (κ1) is 63.3. The Morgan fingerprint density at radius 2 is 1.64 bits per heavy atom. The zero-order valence-electron chi connectivity index (χ0n) is 47.8. The van der Waals surface area contributed by atoms with Gasteiger partial charge in [0.1, 0.15) is 55.4 Å². The van der Waals surface area contributed by atoms with Crippen LogP contribution in [0.3, 0.4) is 0 Å². The van der Waals surface area contributed by atoms with Crippen molar-refractivity contribution in [2.45, 2.75) is 210 Å². The molecule has 6 N–H and O–H groups in total. The molecule has 2 aromatic heterocycles. The first-order valence-electron chi connectivity index (χ1n) is 27.4. The molecule has 440 valence electrons. The van der Waals surface area contributed by atoms with Gasteiger partial charge in [0.05, 0.1) is 47.2 Å². The highest BCUT2D eigenvalue weighted by Crippen LogP contribution is 2.39. The molecule has 0 amide bonds. The largest absolute Gasteiger partial charge is 0.618 e. The molecule has 0 bridgehead atoms. The fraction of sp³-hybridized carbons (Fsp3) is 0.750. The molecule has 3 aromatic rings. The van der Waals surface area contributed by atoms with Crippen LogP contribution in [-0.4, -0.2) is 200 Å². The van der Waals surface area contributed by atoms with Crippen LogP contribution in [0.4, 0.5) is 4.39 Å². The van der Waals surface area contributed by atoms with E-state index in [1.165, 1.54) is 32.0 Å². The Hall–Kier alpha value is -3.85. The number of methoxy groups -OCH3 is 2. The highest BCUT2D eigenvalue weighted by molar-refractivity contribution is 5.73. The number of carbonyl (C=O) groups excluding carboxylic acids is 1. The quantitative estimate of drug-likeness (QED) is 0.0641. The maximum absolute atomic E-state index is 15.0. The number of pyridine rings is 1. The third kappa shape index (κ3) is 14.6. The lowest BCUT2D eigenvalue weighted by Crippen LogP contribution is -2.59. The summed E-state index contributed by atoms with van der Waals surface area (Å²) in [4.78, 5) is 18.3. The molecular formula is C56H89FN6O15. The highest BCUT2D eigenvalue weighted by atomic mass is 19.1. The topological polar surface area (TPSA) is 267 Å². The summed E-state index contributed by atoms with van der Waals surface area (Å²) in [5, 5.41) is 89.9. The Bertz CT molecular complexity index is 2370. The lowest BCUT2D eigenvalue weighted by Gasteiger charge is -2.47. The standard InChI is InChI=1S/C56H89FN6O15/c1-14-45-56(9,70)50(66)35(5)61(11)28-32(2)25-54(7,69)46(24-44(34(4)52(68)77-45)76-47-26-55(8,73-13)51(67)36(6)75-47)78-53-48(65)42(23-33(3)74-53)60(10)22-21-40-30-62(59-58-40)43(27-57)49(72-12)38-17-15-37(16-18-38)39-19-20-41(31-64)63(71)29-39/h15-20,29-30,32-36,42-51,53,64-67,69-70H,14,21-28,31H2,1-13H3/t32-,33-,34-,35-,36+,42+,43-,44+,45-,46-,47+,48-,49-,50-,51+,53+,54-,55-,56-/m1/s1. The molecule has 1 aromatic carbocycles. The van der Waals surface area contributed by atoms with E-state index in [2.05, 4.69) is 10.3 Å². The summed E-state index contributed by atoms with van der Waals surface area (Å²) < 4.78 is 60.8. The third-order valence-electron chi connectivity index (χ3n) is 16.9. The maximum atomic E-state index is 15.0. The lowest BCUT2D eigenvalue weighted by atomic mass is 9.83. The monoisotopic (exact) mass is 1100 g/mol. The number of esters is 1. The zero-order chi connectivity index (χ0) is 57.6. The molecule has 6 rings (SSSR count). The minimum Gasteiger partial charge on any atom is -0.618 e. The van der Waals surface area contributed by atoms with Gasteiger partial charge in [0.15, 0.2) is 18.8 Å². The molecule has 0 unspecified atom stereocenters. The summed E-state index contributed by atoms with van der Waals surface area (Å²) in [5.74, 6) is -2.04. The molecule has 3 fully saturated rings. The van der Waals surface area contributed by atoms with Gasteiger partial charge in [-0.3, -0.25) is 4.79 Å². The molecule has 0 spiro atoms. The molecule has 0 aliphatic carbocycles. The fourth-order valence-electron chi connectivity index (χ4n) is 11.6. The number of nitrogens with zero attached hydrogens (tertiary/aromatic N) is 6. The van der Waals surface area contributed by atoms with E-state index in [1.807, 2.05) is 49.9 Å². The average Bonchev–Trinajstić information content (AvgIpc) is 3.89. The second kappa shape index (κ2) is 26.8. The van der Waals surface area contributed by atoms with E-state index in [-0.39, 0.29) is 43.9 Å². The number of benzene rings is 1. The molecule has 3 aliphatic rings. The Balaban J connectivity index is 1.22. The summed E-state index contributed by atoms with van der Waals surface area (Å²) in [6.07, 6.45) is -6.95. The van der Waals surface area contributed by atoms with Crippen LogP contribution in [0.5, 0.6) is 0 Å². The number of carbonyl (C=O) groups is 1.